The normalized spacial score (nSPS) is 24.5. The van der Waals surface area contributed by atoms with Crippen LogP contribution in [-0.4, -0.2) is 49.7 Å². The molecule has 0 spiro atoms. The molecule has 2 rings (SSSR count). The van der Waals surface area contributed by atoms with Gasteiger partial charge < -0.3 is 15.0 Å². The second-order valence-corrected chi connectivity index (χ2v) is 5.76. The van der Waals surface area contributed by atoms with Crippen molar-refractivity contribution in [3.05, 3.63) is 0 Å². The Balaban J connectivity index is 1.42. The minimum absolute atomic E-state index is 0.0912. The van der Waals surface area contributed by atoms with Crippen LogP contribution in [-0.2, 0) is 9.53 Å². The van der Waals surface area contributed by atoms with Gasteiger partial charge in [-0.15, -0.1) is 0 Å². The number of carbonyl (C=O) groups is 1. The molecule has 110 valence electrons. The fourth-order valence-corrected chi connectivity index (χ4v) is 2.93. The maximum Gasteiger partial charge on any atom is 0.249 e. The van der Waals surface area contributed by atoms with E-state index in [-0.39, 0.29) is 12.0 Å². The van der Waals surface area contributed by atoms with Crippen LogP contribution in [0.15, 0.2) is 0 Å². The van der Waals surface area contributed by atoms with E-state index < -0.39 is 0 Å². The smallest absolute Gasteiger partial charge is 0.249 e. The first-order chi connectivity index (χ1) is 9.36. The molecule has 0 saturated carbocycles. The monoisotopic (exact) mass is 268 g/mol. The zero-order valence-electron chi connectivity index (χ0n) is 12.0. The number of unbranched alkanes of at least 4 members (excludes halogenated alkanes) is 2. The third kappa shape index (κ3) is 5.49. The van der Waals surface area contributed by atoms with Gasteiger partial charge >= 0.3 is 0 Å². The first-order valence-electron chi connectivity index (χ1n) is 7.98. The molecule has 1 atom stereocenters. The van der Waals surface area contributed by atoms with Crippen molar-refractivity contribution in [2.75, 3.05) is 32.8 Å². The summed E-state index contributed by atoms with van der Waals surface area (Å²) >= 11 is 0. The van der Waals surface area contributed by atoms with E-state index in [9.17, 15) is 4.79 Å². The van der Waals surface area contributed by atoms with E-state index in [1.54, 1.807) is 0 Å². The van der Waals surface area contributed by atoms with E-state index in [1.165, 1.54) is 51.7 Å². The van der Waals surface area contributed by atoms with Gasteiger partial charge in [-0.2, -0.15) is 0 Å². The molecule has 2 aliphatic heterocycles. The summed E-state index contributed by atoms with van der Waals surface area (Å²) in [4.78, 5) is 14.3. The standard InChI is InChI=1S/C15H28N2O2/c18-15(14-8-7-13-19-14)16-9-3-1-4-10-17-11-5-2-6-12-17/h14H,1-13H2,(H,16,18). The average Bonchev–Trinajstić information content (AvgIpc) is 2.98. The fourth-order valence-electron chi connectivity index (χ4n) is 2.93. The Morgan fingerprint density at radius 1 is 1.11 bits per heavy atom. The molecule has 0 aliphatic carbocycles. The van der Waals surface area contributed by atoms with Crippen molar-refractivity contribution in [3.8, 4) is 0 Å². The number of nitrogens with one attached hydrogen (secondary N) is 1. The molecule has 1 amide bonds. The summed E-state index contributed by atoms with van der Waals surface area (Å²) in [5.74, 6) is 0.0912. The predicted octanol–water partition coefficient (Wildman–Crippen LogP) is 1.94. The van der Waals surface area contributed by atoms with E-state index in [4.69, 9.17) is 4.74 Å². The SMILES string of the molecule is O=C(NCCCCCN1CCCCC1)C1CCCO1. The Morgan fingerprint density at radius 3 is 2.68 bits per heavy atom. The molecule has 4 nitrogen and oxygen atoms in total. The molecule has 1 unspecified atom stereocenters. The van der Waals surface area contributed by atoms with Gasteiger partial charge in [-0.05, 0) is 58.2 Å². The quantitative estimate of drug-likeness (QED) is 0.717. The van der Waals surface area contributed by atoms with Crippen LogP contribution in [0.1, 0.15) is 51.4 Å². The van der Waals surface area contributed by atoms with Gasteiger partial charge in [0.05, 0.1) is 0 Å². The highest BCUT2D eigenvalue weighted by molar-refractivity contribution is 5.80. The van der Waals surface area contributed by atoms with Crippen molar-refractivity contribution < 1.29 is 9.53 Å². The van der Waals surface area contributed by atoms with Gasteiger partial charge in [0, 0.05) is 13.2 Å². The number of piperidine rings is 1. The van der Waals surface area contributed by atoms with Crippen LogP contribution in [0.2, 0.25) is 0 Å². The third-order valence-electron chi connectivity index (χ3n) is 4.12. The Kier molecular flexibility index (Phi) is 6.65. The maximum absolute atomic E-state index is 11.7. The topological polar surface area (TPSA) is 41.6 Å². The minimum atomic E-state index is -0.173. The molecular weight excluding hydrogens is 240 g/mol. The van der Waals surface area contributed by atoms with Crippen molar-refractivity contribution in [2.24, 2.45) is 0 Å². The number of hydrogen-bond acceptors (Lipinski definition) is 3. The van der Waals surface area contributed by atoms with Crippen molar-refractivity contribution in [3.63, 3.8) is 0 Å². The Hall–Kier alpha value is -0.610. The summed E-state index contributed by atoms with van der Waals surface area (Å²) in [6, 6.07) is 0. The lowest BCUT2D eigenvalue weighted by Gasteiger charge is -2.26. The molecule has 0 aromatic carbocycles. The second kappa shape index (κ2) is 8.54. The molecule has 4 heteroatoms. The number of rotatable bonds is 7. The zero-order valence-corrected chi connectivity index (χ0v) is 12.0. The second-order valence-electron chi connectivity index (χ2n) is 5.76. The van der Waals surface area contributed by atoms with Crippen molar-refractivity contribution in [1.82, 2.24) is 10.2 Å². The summed E-state index contributed by atoms with van der Waals surface area (Å²) in [5, 5.41) is 2.99. The molecule has 19 heavy (non-hydrogen) atoms. The highest BCUT2D eigenvalue weighted by Gasteiger charge is 2.22. The molecule has 2 saturated heterocycles. The van der Waals surface area contributed by atoms with E-state index in [1.807, 2.05) is 0 Å². The highest BCUT2D eigenvalue weighted by atomic mass is 16.5. The van der Waals surface area contributed by atoms with Gasteiger partial charge in [-0.3, -0.25) is 4.79 Å². The Bertz CT molecular complexity index is 259. The van der Waals surface area contributed by atoms with Crippen LogP contribution in [0.3, 0.4) is 0 Å². The highest BCUT2D eigenvalue weighted by Crippen LogP contribution is 2.12. The van der Waals surface area contributed by atoms with E-state index in [0.717, 1.165) is 32.4 Å². The number of hydrogen-bond donors (Lipinski definition) is 1. The van der Waals surface area contributed by atoms with Crippen molar-refractivity contribution in [2.45, 2.75) is 57.5 Å². The Labute approximate surface area is 116 Å². The maximum atomic E-state index is 11.7. The first-order valence-corrected chi connectivity index (χ1v) is 7.98. The number of likely N-dealkylation sites (tertiary alicyclic amines) is 1. The van der Waals surface area contributed by atoms with Crippen LogP contribution in [0, 0.1) is 0 Å². The molecular formula is C15H28N2O2. The summed E-state index contributed by atoms with van der Waals surface area (Å²) in [6.45, 7) is 5.36. The minimum Gasteiger partial charge on any atom is -0.368 e. The summed E-state index contributed by atoms with van der Waals surface area (Å²) < 4.78 is 5.35. The van der Waals surface area contributed by atoms with Gasteiger partial charge in [0.2, 0.25) is 5.91 Å². The number of ether oxygens (including phenoxy) is 1. The number of nitrogens with zero attached hydrogens (tertiary/aromatic N) is 1. The van der Waals surface area contributed by atoms with Gasteiger partial charge in [0.15, 0.2) is 0 Å². The van der Waals surface area contributed by atoms with Crippen LogP contribution in [0.5, 0.6) is 0 Å². The fraction of sp³-hybridized carbons (Fsp3) is 0.933. The Morgan fingerprint density at radius 2 is 1.95 bits per heavy atom. The van der Waals surface area contributed by atoms with Crippen LogP contribution in [0.4, 0.5) is 0 Å². The van der Waals surface area contributed by atoms with Crippen molar-refractivity contribution in [1.29, 1.82) is 0 Å². The summed E-state index contributed by atoms with van der Waals surface area (Å²) in [7, 11) is 0. The molecule has 0 aromatic rings. The summed E-state index contributed by atoms with van der Waals surface area (Å²) in [6.07, 6.45) is 9.45. The van der Waals surface area contributed by atoms with Gasteiger partial charge in [-0.25, -0.2) is 0 Å². The van der Waals surface area contributed by atoms with E-state index in [2.05, 4.69) is 10.2 Å². The lowest BCUT2D eigenvalue weighted by molar-refractivity contribution is -0.130. The lowest BCUT2D eigenvalue weighted by atomic mass is 10.1. The first kappa shape index (κ1) is 14.8. The van der Waals surface area contributed by atoms with Crippen molar-refractivity contribution >= 4 is 5.91 Å². The molecule has 0 aromatic heterocycles. The molecule has 2 aliphatic rings. The van der Waals surface area contributed by atoms with E-state index in [0.29, 0.717) is 0 Å². The lowest BCUT2D eigenvalue weighted by Crippen LogP contribution is -2.34. The number of carbonyl (C=O) groups excluding carboxylic acids is 1. The van der Waals surface area contributed by atoms with E-state index >= 15 is 0 Å². The summed E-state index contributed by atoms with van der Waals surface area (Å²) in [5.41, 5.74) is 0. The van der Waals surface area contributed by atoms with Crippen LogP contribution < -0.4 is 5.32 Å². The largest absolute Gasteiger partial charge is 0.368 e. The van der Waals surface area contributed by atoms with Crippen LogP contribution >= 0.6 is 0 Å². The number of amides is 1. The van der Waals surface area contributed by atoms with Crippen LogP contribution in [0.25, 0.3) is 0 Å². The predicted molar refractivity (Wildman–Crippen MR) is 76.1 cm³/mol. The molecule has 2 fully saturated rings. The molecule has 2 heterocycles. The molecule has 1 N–H and O–H groups in total. The average molecular weight is 268 g/mol. The third-order valence-corrected chi connectivity index (χ3v) is 4.12. The molecule has 0 radical (unpaired) electrons. The zero-order chi connectivity index (χ0) is 13.3. The van der Waals surface area contributed by atoms with Gasteiger partial charge in [-0.1, -0.05) is 12.8 Å². The van der Waals surface area contributed by atoms with Gasteiger partial charge in [0.25, 0.3) is 0 Å². The van der Waals surface area contributed by atoms with Gasteiger partial charge in [0.1, 0.15) is 6.10 Å². The molecule has 0 bridgehead atoms.